The van der Waals surface area contributed by atoms with Crippen molar-refractivity contribution in [3.8, 4) is 16.9 Å². The Bertz CT molecular complexity index is 1600. The zero-order chi connectivity index (χ0) is 27.2. The number of nitrogens with one attached hydrogen (secondary N) is 1. The van der Waals surface area contributed by atoms with Crippen LogP contribution in [0.25, 0.3) is 28.0 Å². The molecule has 0 amide bonds. The summed E-state index contributed by atoms with van der Waals surface area (Å²) in [6.45, 7) is 8.64. The maximum atomic E-state index is 13.0. The van der Waals surface area contributed by atoms with Gasteiger partial charge in [0.15, 0.2) is 5.69 Å². The van der Waals surface area contributed by atoms with Crippen molar-refractivity contribution in [1.29, 1.82) is 0 Å². The maximum absolute atomic E-state index is 13.0. The summed E-state index contributed by atoms with van der Waals surface area (Å²) in [6.07, 6.45) is -2.69. The van der Waals surface area contributed by atoms with E-state index in [2.05, 4.69) is 48.3 Å². The summed E-state index contributed by atoms with van der Waals surface area (Å²) in [5.41, 5.74) is 5.83. The van der Waals surface area contributed by atoms with Gasteiger partial charge in [0, 0.05) is 30.9 Å². The molecule has 5 aromatic rings. The number of pyridine rings is 1. The van der Waals surface area contributed by atoms with Gasteiger partial charge in [0.2, 0.25) is 0 Å². The molecule has 0 spiro atoms. The van der Waals surface area contributed by atoms with Gasteiger partial charge in [-0.2, -0.15) is 18.3 Å². The smallest absolute Gasteiger partial charge is 0.366 e. The highest BCUT2D eigenvalue weighted by Crippen LogP contribution is 2.36. The van der Waals surface area contributed by atoms with E-state index in [1.807, 2.05) is 41.9 Å². The highest BCUT2D eigenvalue weighted by molar-refractivity contribution is 5.92. The molecule has 0 unspecified atom stereocenters. The zero-order valence-corrected chi connectivity index (χ0v) is 21.9. The van der Waals surface area contributed by atoms with Gasteiger partial charge in [-0.25, -0.2) is 14.6 Å². The van der Waals surface area contributed by atoms with Gasteiger partial charge in [-0.1, -0.05) is 57.2 Å². The molecule has 0 saturated heterocycles. The number of aromatic nitrogens is 5. The first-order chi connectivity index (χ1) is 17.9. The molecular weight excluding hydrogens is 489 g/mol. The van der Waals surface area contributed by atoms with Crippen molar-refractivity contribution in [2.45, 2.75) is 45.8 Å². The lowest BCUT2D eigenvalue weighted by Crippen LogP contribution is -2.13. The van der Waals surface area contributed by atoms with Crippen LogP contribution < -0.4 is 5.32 Å². The lowest BCUT2D eigenvalue weighted by atomic mass is 9.82. The van der Waals surface area contributed by atoms with Gasteiger partial charge < -0.3 is 9.88 Å². The molecule has 2 aromatic carbocycles. The Balaban J connectivity index is 1.43. The molecule has 38 heavy (non-hydrogen) atoms. The summed E-state index contributed by atoms with van der Waals surface area (Å²) in [5, 5.41) is 7.14. The molecule has 0 bridgehead atoms. The van der Waals surface area contributed by atoms with Crippen molar-refractivity contribution in [1.82, 2.24) is 24.3 Å². The van der Waals surface area contributed by atoms with Gasteiger partial charge in [-0.15, -0.1) is 0 Å². The number of rotatable bonds is 5. The van der Waals surface area contributed by atoms with Crippen LogP contribution >= 0.6 is 0 Å². The zero-order valence-electron chi connectivity index (χ0n) is 21.9. The van der Waals surface area contributed by atoms with Gasteiger partial charge in [0.1, 0.15) is 17.0 Å². The quantitative estimate of drug-likeness (QED) is 0.271. The number of aryl methyl sites for hydroxylation is 2. The predicted molar refractivity (Wildman–Crippen MR) is 143 cm³/mol. The van der Waals surface area contributed by atoms with Crippen molar-refractivity contribution < 1.29 is 13.2 Å². The van der Waals surface area contributed by atoms with Crippen LogP contribution in [0.15, 0.2) is 67.0 Å². The van der Waals surface area contributed by atoms with E-state index in [1.165, 1.54) is 10.2 Å². The van der Waals surface area contributed by atoms with E-state index in [-0.39, 0.29) is 5.41 Å². The molecule has 3 aromatic heterocycles. The van der Waals surface area contributed by atoms with Crippen LogP contribution in [-0.2, 0) is 25.2 Å². The second-order valence-corrected chi connectivity index (χ2v) is 10.5. The first-order valence-electron chi connectivity index (χ1n) is 12.3. The number of fused-ring (bicyclic) bond motifs is 1. The number of benzene rings is 2. The summed E-state index contributed by atoms with van der Waals surface area (Å²) < 4.78 is 42.4. The third-order valence-corrected chi connectivity index (χ3v) is 6.54. The first kappa shape index (κ1) is 25.5. The molecule has 0 atom stereocenters. The van der Waals surface area contributed by atoms with E-state index in [9.17, 15) is 13.2 Å². The van der Waals surface area contributed by atoms with Crippen molar-refractivity contribution in [2.24, 2.45) is 7.05 Å². The number of hydrogen-bond donors (Lipinski definition) is 1. The Morgan fingerprint density at radius 3 is 2.32 bits per heavy atom. The third kappa shape index (κ3) is 4.88. The standard InChI is InChI=1S/C29H29F3N6/c1-18-14-24(29(30,31)32)36-38(18)20-12-10-19(11-13-20)16-33-25-15-23-27(34-17-37(23)5)26(35-25)21-8-6-7-9-22(21)28(2,3)4/h6-15,17H,16H2,1-5H3,(H,33,35). The monoisotopic (exact) mass is 518 g/mol. The number of hydrogen-bond acceptors (Lipinski definition) is 4. The fourth-order valence-corrected chi connectivity index (χ4v) is 4.57. The number of alkyl halides is 3. The van der Waals surface area contributed by atoms with Crippen LogP contribution in [0.4, 0.5) is 19.0 Å². The highest BCUT2D eigenvalue weighted by atomic mass is 19.4. The molecule has 0 saturated carbocycles. The highest BCUT2D eigenvalue weighted by Gasteiger charge is 2.34. The Labute approximate surface area is 219 Å². The van der Waals surface area contributed by atoms with Gasteiger partial charge in [-0.05, 0) is 41.7 Å². The van der Waals surface area contributed by atoms with Crippen molar-refractivity contribution >= 4 is 16.9 Å². The summed E-state index contributed by atoms with van der Waals surface area (Å²) in [4.78, 5) is 9.60. The molecule has 1 N–H and O–H groups in total. The molecule has 0 radical (unpaired) electrons. The minimum absolute atomic E-state index is 0.0711. The van der Waals surface area contributed by atoms with E-state index in [0.29, 0.717) is 23.7 Å². The van der Waals surface area contributed by atoms with Crippen LogP contribution in [0, 0.1) is 6.92 Å². The van der Waals surface area contributed by atoms with E-state index < -0.39 is 11.9 Å². The largest absolute Gasteiger partial charge is 0.435 e. The molecule has 0 aliphatic rings. The summed E-state index contributed by atoms with van der Waals surface area (Å²) in [6, 6.07) is 18.6. The minimum Gasteiger partial charge on any atom is -0.366 e. The number of halogens is 3. The summed E-state index contributed by atoms with van der Waals surface area (Å²) in [5.74, 6) is 0.710. The summed E-state index contributed by atoms with van der Waals surface area (Å²) in [7, 11) is 1.96. The lowest BCUT2D eigenvalue weighted by molar-refractivity contribution is -0.141. The van der Waals surface area contributed by atoms with Crippen LogP contribution in [0.2, 0.25) is 0 Å². The first-order valence-corrected chi connectivity index (χ1v) is 12.3. The molecule has 196 valence electrons. The second-order valence-electron chi connectivity index (χ2n) is 10.5. The van der Waals surface area contributed by atoms with Gasteiger partial charge in [-0.3, -0.25) is 0 Å². The van der Waals surface area contributed by atoms with E-state index in [4.69, 9.17) is 4.98 Å². The second kappa shape index (κ2) is 9.31. The fraction of sp³-hybridized carbons (Fsp3) is 0.276. The molecule has 9 heteroatoms. The van der Waals surface area contributed by atoms with E-state index in [1.54, 1.807) is 25.4 Å². The van der Waals surface area contributed by atoms with Crippen LogP contribution in [-0.4, -0.2) is 24.3 Å². The average Bonchev–Trinajstić information content (AvgIpc) is 3.45. The van der Waals surface area contributed by atoms with Crippen molar-refractivity contribution in [2.75, 3.05) is 5.32 Å². The third-order valence-electron chi connectivity index (χ3n) is 6.54. The molecule has 3 heterocycles. The molecule has 0 aliphatic heterocycles. The van der Waals surface area contributed by atoms with Gasteiger partial charge in [0.25, 0.3) is 0 Å². The van der Waals surface area contributed by atoms with E-state index >= 15 is 0 Å². The van der Waals surface area contributed by atoms with Crippen LogP contribution in [0.5, 0.6) is 0 Å². The molecular formula is C29H29F3N6. The topological polar surface area (TPSA) is 60.6 Å². The Hall–Kier alpha value is -4.14. The van der Waals surface area contributed by atoms with Crippen molar-refractivity contribution in [3.63, 3.8) is 0 Å². The number of anilines is 1. The fourth-order valence-electron chi connectivity index (χ4n) is 4.57. The Morgan fingerprint density at radius 2 is 1.66 bits per heavy atom. The Kier molecular flexibility index (Phi) is 6.25. The summed E-state index contributed by atoms with van der Waals surface area (Å²) >= 11 is 0. The minimum atomic E-state index is -4.48. The molecule has 0 fully saturated rings. The average molecular weight is 519 g/mol. The molecule has 0 aliphatic carbocycles. The predicted octanol–water partition coefficient (Wildman–Crippen LogP) is 7.06. The lowest BCUT2D eigenvalue weighted by Gasteiger charge is -2.23. The maximum Gasteiger partial charge on any atom is 0.435 e. The molecule has 5 rings (SSSR count). The molecule has 6 nitrogen and oxygen atoms in total. The number of imidazole rings is 1. The van der Waals surface area contributed by atoms with Crippen LogP contribution in [0.3, 0.4) is 0 Å². The number of nitrogens with zero attached hydrogens (tertiary/aromatic N) is 5. The normalized spacial score (nSPS) is 12.3. The van der Waals surface area contributed by atoms with E-state index in [0.717, 1.165) is 33.9 Å². The van der Waals surface area contributed by atoms with Gasteiger partial charge >= 0.3 is 6.18 Å². The SMILES string of the molecule is Cc1cc(C(F)(F)F)nn1-c1ccc(CNc2cc3c(ncn3C)c(-c3ccccc3C(C)(C)C)n2)cc1. The van der Waals surface area contributed by atoms with Crippen LogP contribution in [0.1, 0.15) is 43.3 Å². The van der Waals surface area contributed by atoms with Crippen molar-refractivity contribution in [3.05, 3.63) is 89.5 Å². The van der Waals surface area contributed by atoms with Gasteiger partial charge in [0.05, 0.1) is 17.5 Å². The Morgan fingerprint density at radius 1 is 0.947 bits per heavy atom.